The van der Waals surface area contributed by atoms with E-state index in [0.717, 1.165) is 6.08 Å². The van der Waals surface area contributed by atoms with Gasteiger partial charge in [-0.2, -0.15) is 8.78 Å². The Balaban J connectivity index is 1.57. The van der Waals surface area contributed by atoms with Crippen LogP contribution in [0, 0.1) is 22.0 Å². The number of carbonyl (C=O) groups excluding carboxylic acids is 2. The van der Waals surface area contributed by atoms with Crippen molar-refractivity contribution in [3.8, 4) is 5.75 Å². The van der Waals surface area contributed by atoms with Crippen LogP contribution in [-0.4, -0.2) is 91.7 Å². The van der Waals surface area contributed by atoms with Gasteiger partial charge in [-0.15, -0.1) is 10.1 Å². The molecule has 15 heteroatoms. The molecule has 1 saturated carbocycles. The third-order valence-electron chi connectivity index (χ3n) is 6.50. The second kappa shape index (κ2) is 20.2. The Morgan fingerprint density at radius 3 is 2.55 bits per heavy atom. The van der Waals surface area contributed by atoms with Crippen LogP contribution in [0.2, 0.25) is 0 Å². The molecular weight excluding hydrogens is 590 g/mol. The van der Waals surface area contributed by atoms with Crippen LogP contribution in [0.5, 0.6) is 5.75 Å². The highest BCUT2D eigenvalue weighted by Crippen LogP contribution is 2.37. The van der Waals surface area contributed by atoms with E-state index in [-0.39, 0.29) is 52.4 Å². The number of hydrogen-bond donors (Lipinski definition) is 3. The SMILES string of the molecule is O=C(CCC/C=C\C[C@@H]1[C@@H](/C=C/C(F)(F)COc2ccccc2)[C@H](O)C[C@@H]1O)OCCNC(=O)OCCOCCO[N+](=O)[O-]. The van der Waals surface area contributed by atoms with Gasteiger partial charge in [-0.3, -0.25) is 4.79 Å². The number of ether oxygens (including phenoxy) is 4. The van der Waals surface area contributed by atoms with Crippen LogP contribution < -0.4 is 10.1 Å². The number of allylic oxidation sites excluding steroid dienone is 2. The van der Waals surface area contributed by atoms with E-state index in [1.165, 1.54) is 6.08 Å². The minimum absolute atomic E-state index is 0.0278. The van der Waals surface area contributed by atoms with Gasteiger partial charge in [0.05, 0.1) is 32.0 Å². The van der Waals surface area contributed by atoms with Crippen LogP contribution in [0.3, 0.4) is 0 Å². The lowest BCUT2D eigenvalue weighted by Crippen LogP contribution is -2.29. The number of unbranched alkanes of at least 4 members (excludes halogenated alkanes) is 1. The van der Waals surface area contributed by atoms with E-state index < -0.39 is 53.7 Å². The van der Waals surface area contributed by atoms with Crippen molar-refractivity contribution in [1.29, 1.82) is 0 Å². The molecule has 1 aliphatic rings. The molecule has 2 rings (SSSR count). The van der Waals surface area contributed by atoms with Gasteiger partial charge in [-0.1, -0.05) is 36.4 Å². The molecule has 0 saturated heterocycles. The minimum Gasteiger partial charge on any atom is -0.487 e. The fourth-order valence-corrected chi connectivity index (χ4v) is 4.35. The maximum Gasteiger partial charge on any atom is 0.407 e. The number of alkyl halides is 2. The molecule has 0 unspecified atom stereocenters. The highest BCUT2D eigenvalue weighted by Gasteiger charge is 2.40. The normalized spacial score (nSPS) is 20.1. The number of carbonyl (C=O) groups is 2. The van der Waals surface area contributed by atoms with E-state index in [1.54, 1.807) is 36.4 Å². The number of benzene rings is 1. The molecule has 0 aliphatic heterocycles. The Hall–Kier alpha value is -3.82. The number of hydrogen-bond acceptors (Lipinski definition) is 11. The fourth-order valence-electron chi connectivity index (χ4n) is 4.35. The van der Waals surface area contributed by atoms with E-state index >= 15 is 0 Å². The zero-order valence-electron chi connectivity index (χ0n) is 24.3. The number of esters is 1. The van der Waals surface area contributed by atoms with Gasteiger partial charge in [-0.25, -0.2) is 4.79 Å². The summed E-state index contributed by atoms with van der Waals surface area (Å²) < 4.78 is 48.7. The summed E-state index contributed by atoms with van der Waals surface area (Å²) in [5.41, 5.74) is 0. The van der Waals surface area contributed by atoms with Crippen LogP contribution in [0.4, 0.5) is 13.6 Å². The van der Waals surface area contributed by atoms with Crippen molar-refractivity contribution >= 4 is 12.1 Å². The largest absolute Gasteiger partial charge is 0.487 e. The monoisotopic (exact) mass is 630 g/mol. The highest BCUT2D eigenvalue weighted by molar-refractivity contribution is 5.69. The van der Waals surface area contributed by atoms with Gasteiger partial charge in [0.15, 0.2) is 6.61 Å². The third-order valence-corrected chi connectivity index (χ3v) is 6.50. The summed E-state index contributed by atoms with van der Waals surface area (Å²) in [5, 5.41) is 32.1. The topological polar surface area (TPSA) is 176 Å². The van der Waals surface area contributed by atoms with E-state index in [4.69, 9.17) is 18.9 Å². The first-order chi connectivity index (χ1) is 21.1. The molecule has 3 N–H and O–H groups in total. The van der Waals surface area contributed by atoms with Crippen molar-refractivity contribution < 1.29 is 57.5 Å². The average Bonchev–Trinajstić information content (AvgIpc) is 3.26. The maximum absolute atomic E-state index is 14.4. The van der Waals surface area contributed by atoms with Gasteiger partial charge in [0, 0.05) is 18.8 Å². The molecule has 44 heavy (non-hydrogen) atoms. The molecule has 246 valence electrons. The summed E-state index contributed by atoms with van der Waals surface area (Å²) in [6, 6.07) is 8.27. The Morgan fingerprint density at radius 1 is 1.05 bits per heavy atom. The lowest BCUT2D eigenvalue weighted by Gasteiger charge is -2.20. The summed E-state index contributed by atoms with van der Waals surface area (Å²) in [7, 11) is 0. The number of nitrogens with zero attached hydrogens (tertiary/aromatic N) is 1. The number of amides is 1. The molecule has 1 amide bonds. The average molecular weight is 631 g/mol. The minimum atomic E-state index is -3.26. The second-order valence-electron chi connectivity index (χ2n) is 9.89. The number of aliphatic hydroxyl groups is 2. The summed E-state index contributed by atoms with van der Waals surface area (Å²) in [6.45, 7) is -1.15. The third kappa shape index (κ3) is 15.6. The molecule has 13 nitrogen and oxygen atoms in total. The molecule has 0 radical (unpaired) electrons. The number of para-hydroxylation sites is 1. The molecule has 1 aromatic rings. The lowest BCUT2D eigenvalue weighted by atomic mass is 9.89. The Morgan fingerprint density at radius 2 is 1.80 bits per heavy atom. The standard InChI is InChI=1S/C29H40F2N2O11/c30-29(31,21-43-22-8-4-3-5-9-22)13-12-24-23(25(34)20-26(24)35)10-6-1-2-7-11-27(36)41-15-14-32-28(37)42-18-16-40-17-19-44-33(38)39/h1,3-6,8-9,12-13,23-26,34-35H,2,7,10-11,14-21H2,(H,32,37)/b6-1-,13-12+/t23-,24-,25+,26-/m1/s1. The number of rotatable bonds is 21. The highest BCUT2D eigenvalue weighted by atomic mass is 19.3. The molecule has 1 aliphatic carbocycles. The number of nitrogens with one attached hydrogen (secondary N) is 1. The Kier molecular flexibility index (Phi) is 16.7. The zero-order chi connectivity index (χ0) is 32.2. The van der Waals surface area contributed by atoms with E-state index in [0.29, 0.717) is 25.0 Å². The van der Waals surface area contributed by atoms with Crippen LogP contribution in [0.25, 0.3) is 0 Å². The first-order valence-corrected chi connectivity index (χ1v) is 14.2. The van der Waals surface area contributed by atoms with Gasteiger partial charge in [0.2, 0.25) is 0 Å². The number of halogens is 2. The second-order valence-corrected chi connectivity index (χ2v) is 9.89. The van der Waals surface area contributed by atoms with Gasteiger partial charge in [0.1, 0.15) is 25.6 Å². The molecule has 0 spiro atoms. The Bertz CT molecular complexity index is 1060. The van der Waals surface area contributed by atoms with Crippen LogP contribution in [0.15, 0.2) is 54.6 Å². The predicted octanol–water partition coefficient (Wildman–Crippen LogP) is 3.23. The van der Waals surface area contributed by atoms with E-state index in [1.807, 2.05) is 6.08 Å². The summed E-state index contributed by atoms with van der Waals surface area (Å²) in [5.74, 6) is -4.46. The molecule has 0 heterocycles. The first kappa shape index (κ1) is 36.4. The van der Waals surface area contributed by atoms with Crippen LogP contribution in [0.1, 0.15) is 32.1 Å². The zero-order valence-corrected chi connectivity index (χ0v) is 24.3. The van der Waals surface area contributed by atoms with Crippen LogP contribution >= 0.6 is 0 Å². The van der Waals surface area contributed by atoms with Crippen molar-refractivity contribution in [2.45, 2.75) is 50.2 Å². The van der Waals surface area contributed by atoms with E-state index in [2.05, 4.69) is 10.2 Å². The summed E-state index contributed by atoms with van der Waals surface area (Å²) in [6.07, 6.45) is 4.72. The molecule has 0 aromatic heterocycles. The first-order valence-electron chi connectivity index (χ1n) is 14.2. The van der Waals surface area contributed by atoms with Crippen LogP contribution in [-0.2, 0) is 23.8 Å². The van der Waals surface area contributed by atoms with Crippen molar-refractivity contribution in [2.24, 2.45) is 11.8 Å². The summed E-state index contributed by atoms with van der Waals surface area (Å²) >= 11 is 0. The molecule has 1 aromatic carbocycles. The maximum atomic E-state index is 14.4. The predicted molar refractivity (Wildman–Crippen MR) is 151 cm³/mol. The number of alkyl carbamates (subject to hydrolysis) is 1. The Labute approximate surface area is 253 Å². The quantitative estimate of drug-likeness (QED) is 0.0598. The van der Waals surface area contributed by atoms with Crippen molar-refractivity contribution in [1.82, 2.24) is 5.32 Å². The number of aliphatic hydroxyl groups excluding tert-OH is 2. The molecule has 4 atom stereocenters. The smallest absolute Gasteiger partial charge is 0.407 e. The summed E-state index contributed by atoms with van der Waals surface area (Å²) in [4.78, 5) is 37.4. The van der Waals surface area contributed by atoms with Gasteiger partial charge in [-0.05, 0) is 43.4 Å². The van der Waals surface area contributed by atoms with E-state index in [9.17, 15) is 38.7 Å². The van der Waals surface area contributed by atoms with Gasteiger partial charge in [0.25, 0.3) is 11.0 Å². The molecular formula is C29H40F2N2O11. The lowest BCUT2D eigenvalue weighted by molar-refractivity contribution is -0.758. The van der Waals surface area contributed by atoms with Crippen molar-refractivity contribution in [3.63, 3.8) is 0 Å². The molecule has 1 fully saturated rings. The van der Waals surface area contributed by atoms with Gasteiger partial charge >= 0.3 is 12.1 Å². The molecule has 0 bridgehead atoms. The van der Waals surface area contributed by atoms with Crippen molar-refractivity contribution in [3.05, 3.63) is 64.8 Å². The van der Waals surface area contributed by atoms with Gasteiger partial charge < -0.3 is 39.3 Å². The van der Waals surface area contributed by atoms with Crippen molar-refractivity contribution in [2.75, 3.05) is 46.2 Å². The fraction of sp³-hybridized carbons (Fsp3) is 0.586.